The Morgan fingerprint density at radius 2 is 1.90 bits per heavy atom. The standard InChI is InChI=1S/C17H15NO2S/c1-18(10-12-6-7-21-11-12)17(20)15-8-13-4-2-3-5-14(13)9-16(15)19/h2-9,11,19H,10H2,1H3. The van der Waals surface area contributed by atoms with Gasteiger partial charge in [0.15, 0.2) is 0 Å². The summed E-state index contributed by atoms with van der Waals surface area (Å²) in [4.78, 5) is 14.1. The highest BCUT2D eigenvalue weighted by Crippen LogP contribution is 2.26. The summed E-state index contributed by atoms with van der Waals surface area (Å²) in [6, 6.07) is 13.1. The van der Waals surface area contributed by atoms with Crippen LogP contribution in [-0.2, 0) is 6.54 Å². The van der Waals surface area contributed by atoms with E-state index in [-0.39, 0.29) is 11.7 Å². The Kier molecular flexibility index (Phi) is 3.62. The van der Waals surface area contributed by atoms with E-state index in [1.54, 1.807) is 35.4 Å². The van der Waals surface area contributed by atoms with Crippen LogP contribution in [0.4, 0.5) is 0 Å². The van der Waals surface area contributed by atoms with E-state index in [0.717, 1.165) is 16.3 Å². The number of phenols is 1. The predicted octanol–water partition coefficient (Wildman–Crippen LogP) is 3.88. The first kappa shape index (κ1) is 13.6. The summed E-state index contributed by atoms with van der Waals surface area (Å²) in [6.07, 6.45) is 0. The van der Waals surface area contributed by atoms with Crippen LogP contribution in [0.3, 0.4) is 0 Å². The van der Waals surface area contributed by atoms with Crippen LogP contribution in [0.15, 0.2) is 53.2 Å². The molecule has 3 aromatic rings. The molecule has 0 atom stereocenters. The number of phenolic OH excluding ortho intramolecular Hbond substituents is 1. The second kappa shape index (κ2) is 5.58. The average molecular weight is 297 g/mol. The molecule has 0 saturated heterocycles. The van der Waals surface area contributed by atoms with Crippen molar-refractivity contribution in [3.05, 3.63) is 64.4 Å². The largest absolute Gasteiger partial charge is 0.507 e. The van der Waals surface area contributed by atoms with E-state index in [1.165, 1.54) is 0 Å². The maximum atomic E-state index is 12.5. The third-order valence-electron chi connectivity index (χ3n) is 3.44. The van der Waals surface area contributed by atoms with Crippen LogP contribution in [0.5, 0.6) is 5.75 Å². The Morgan fingerprint density at radius 1 is 1.19 bits per heavy atom. The summed E-state index contributed by atoms with van der Waals surface area (Å²) in [6.45, 7) is 0.536. The van der Waals surface area contributed by atoms with Gasteiger partial charge in [0, 0.05) is 13.6 Å². The van der Waals surface area contributed by atoms with Crippen molar-refractivity contribution in [2.24, 2.45) is 0 Å². The summed E-state index contributed by atoms with van der Waals surface area (Å²) in [7, 11) is 1.74. The minimum atomic E-state index is -0.176. The third kappa shape index (κ3) is 2.76. The van der Waals surface area contributed by atoms with Gasteiger partial charge in [0.1, 0.15) is 5.75 Å². The molecule has 0 saturated carbocycles. The molecule has 1 N–H and O–H groups in total. The summed E-state index contributed by atoms with van der Waals surface area (Å²) in [5.74, 6) is -0.152. The van der Waals surface area contributed by atoms with Gasteiger partial charge in [-0.1, -0.05) is 24.3 Å². The lowest BCUT2D eigenvalue weighted by atomic mass is 10.0. The molecule has 0 bridgehead atoms. The maximum Gasteiger partial charge on any atom is 0.257 e. The lowest BCUT2D eigenvalue weighted by molar-refractivity contribution is 0.0782. The van der Waals surface area contributed by atoms with Gasteiger partial charge in [-0.2, -0.15) is 11.3 Å². The monoisotopic (exact) mass is 297 g/mol. The number of hydrogen-bond donors (Lipinski definition) is 1. The highest BCUT2D eigenvalue weighted by molar-refractivity contribution is 7.07. The van der Waals surface area contributed by atoms with Crippen molar-refractivity contribution < 1.29 is 9.90 Å². The zero-order chi connectivity index (χ0) is 14.8. The number of amides is 1. The fourth-order valence-corrected chi connectivity index (χ4v) is 2.99. The van der Waals surface area contributed by atoms with E-state index >= 15 is 0 Å². The summed E-state index contributed by atoms with van der Waals surface area (Å²) in [5, 5.41) is 16.0. The molecule has 1 amide bonds. The van der Waals surface area contributed by atoms with E-state index in [2.05, 4.69) is 0 Å². The smallest absolute Gasteiger partial charge is 0.257 e. The van der Waals surface area contributed by atoms with Crippen molar-refractivity contribution in [2.75, 3.05) is 7.05 Å². The summed E-state index contributed by atoms with van der Waals surface area (Å²) < 4.78 is 0. The Hall–Kier alpha value is -2.33. The van der Waals surface area contributed by atoms with E-state index in [1.807, 2.05) is 41.1 Å². The number of aromatic hydroxyl groups is 1. The normalized spacial score (nSPS) is 10.7. The van der Waals surface area contributed by atoms with Gasteiger partial charge in [-0.05, 0) is 45.3 Å². The van der Waals surface area contributed by atoms with Gasteiger partial charge in [-0.15, -0.1) is 0 Å². The predicted molar refractivity (Wildman–Crippen MR) is 85.7 cm³/mol. The van der Waals surface area contributed by atoms with Crippen LogP contribution in [0.1, 0.15) is 15.9 Å². The highest BCUT2D eigenvalue weighted by atomic mass is 32.1. The number of hydrogen-bond acceptors (Lipinski definition) is 3. The summed E-state index contributed by atoms with van der Waals surface area (Å²) in [5.41, 5.74) is 1.43. The van der Waals surface area contributed by atoms with Crippen molar-refractivity contribution in [3.8, 4) is 5.75 Å². The van der Waals surface area contributed by atoms with Crippen molar-refractivity contribution in [3.63, 3.8) is 0 Å². The number of rotatable bonds is 3. The lowest BCUT2D eigenvalue weighted by Gasteiger charge is -2.17. The number of nitrogens with zero attached hydrogens (tertiary/aromatic N) is 1. The SMILES string of the molecule is CN(Cc1ccsc1)C(=O)c1cc2ccccc2cc1O. The molecule has 0 aliphatic heterocycles. The number of carbonyl (C=O) groups excluding carboxylic acids is 1. The zero-order valence-electron chi connectivity index (χ0n) is 11.6. The molecule has 0 fully saturated rings. The highest BCUT2D eigenvalue weighted by Gasteiger charge is 2.17. The molecule has 0 unspecified atom stereocenters. The van der Waals surface area contributed by atoms with Crippen molar-refractivity contribution in [1.29, 1.82) is 0 Å². The molecule has 3 rings (SSSR count). The average Bonchev–Trinajstić information content (AvgIpc) is 2.98. The summed E-state index contributed by atoms with van der Waals surface area (Å²) >= 11 is 1.61. The van der Waals surface area contributed by atoms with Gasteiger partial charge < -0.3 is 10.0 Å². The van der Waals surface area contributed by atoms with Gasteiger partial charge in [0.2, 0.25) is 0 Å². The van der Waals surface area contributed by atoms with Gasteiger partial charge >= 0.3 is 0 Å². The molecule has 0 spiro atoms. The van der Waals surface area contributed by atoms with Crippen LogP contribution in [0.2, 0.25) is 0 Å². The second-order valence-corrected chi connectivity index (χ2v) is 5.79. The Labute approximate surface area is 127 Å². The molecule has 4 heteroatoms. The lowest BCUT2D eigenvalue weighted by Crippen LogP contribution is -2.26. The molecular formula is C17H15NO2S. The molecule has 3 nitrogen and oxygen atoms in total. The first-order chi connectivity index (χ1) is 10.1. The zero-order valence-corrected chi connectivity index (χ0v) is 12.4. The Morgan fingerprint density at radius 3 is 2.57 bits per heavy atom. The molecule has 21 heavy (non-hydrogen) atoms. The van der Waals surface area contributed by atoms with Crippen LogP contribution in [-0.4, -0.2) is 23.0 Å². The van der Waals surface area contributed by atoms with Gasteiger partial charge in [0.25, 0.3) is 5.91 Å². The van der Waals surface area contributed by atoms with Crippen molar-refractivity contribution in [2.45, 2.75) is 6.54 Å². The fraction of sp³-hybridized carbons (Fsp3) is 0.118. The number of carbonyl (C=O) groups is 1. The van der Waals surface area contributed by atoms with E-state index in [4.69, 9.17) is 0 Å². The van der Waals surface area contributed by atoms with Crippen LogP contribution in [0.25, 0.3) is 10.8 Å². The quantitative estimate of drug-likeness (QED) is 0.797. The van der Waals surface area contributed by atoms with Crippen LogP contribution < -0.4 is 0 Å². The van der Waals surface area contributed by atoms with E-state index < -0.39 is 0 Å². The fourth-order valence-electron chi connectivity index (χ4n) is 2.33. The molecule has 0 aliphatic carbocycles. The minimum Gasteiger partial charge on any atom is -0.507 e. The number of thiophene rings is 1. The molecule has 106 valence electrons. The topological polar surface area (TPSA) is 40.5 Å². The molecule has 0 aliphatic rings. The molecule has 1 aromatic heterocycles. The van der Waals surface area contributed by atoms with Crippen molar-refractivity contribution >= 4 is 28.0 Å². The third-order valence-corrected chi connectivity index (χ3v) is 4.17. The van der Waals surface area contributed by atoms with Crippen LogP contribution >= 0.6 is 11.3 Å². The van der Waals surface area contributed by atoms with Gasteiger partial charge in [-0.3, -0.25) is 4.79 Å². The van der Waals surface area contributed by atoms with Crippen molar-refractivity contribution in [1.82, 2.24) is 4.90 Å². The molecule has 0 radical (unpaired) electrons. The van der Waals surface area contributed by atoms with Crippen LogP contribution in [0, 0.1) is 0 Å². The minimum absolute atomic E-state index is 0.0240. The number of fused-ring (bicyclic) bond motifs is 1. The molecule has 1 heterocycles. The van der Waals surface area contributed by atoms with E-state index in [0.29, 0.717) is 12.1 Å². The first-order valence-corrected chi connectivity index (χ1v) is 7.58. The molecule has 2 aromatic carbocycles. The van der Waals surface area contributed by atoms with Gasteiger partial charge in [0.05, 0.1) is 5.56 Å². The Bertz CT molecular complexity index is 781. The van der Waals surface area contributed by atoms with E-state index in [9.17, 15) is 9.90 Å². The number of benzene rings is 2. The maximum absolute atomic E-state index is 12.5. The molecular weight excluding hydrogens is 282 g/mol. The Balaban J connectivity index is 1.91. The first-order valence-electron chi connectivity index (χ1n) is 6.63. The second-order valence-electron chi connectivity index (χ2n) is 5.01. The van der Waals surface area contributed by atoms with Gasteiger partial charge in [-0.25, -0.2) is 0 Å².